The third-order valence-corrected chi connectivity index (χ3v) is 3.02. The van der Waals surface area contributed by atoms with Crippen LogP contribution in [-0.4, -0.2) is 27.6 Å². The molecule has 7 heteroatoms. The predicted molar refractivity (Wildman–Crippen MR) is 74.8 cm³/mol. The summed E-state index contributed by atoms with van der Waals surface area (Å²) in [6, 6.07) is 2.00. The lowest BCUT2D eigenvalue weighted by molar-refractivity contribution is -0.141. The molecular weight excluding hydrogens is 284 g/mol. The van der Waals surface area contributed by atoms with E-state index in [1.807, 2.05) is 0 Å². The number of carboxylic acids is 1. The highest BCUT2D eigenvalue weighted by molar-refractivity contribution is 6.30. The monoisotopic (exact) mass is 300 g/mol. The Balaban J connectivity index is 2.44. The van der Waals surface area contributed by atoms with Crippen molar-refractivity contribution < 1.29 is 14.7 Å². The number of carbonyl (C=O) groups is 2. The molecule has 0 aliphatic carbocycles. The molecule has 1 aromatic rings. The van der Waals surface area contributed by atoms with Crippen molar-refractivity contribution >= 4 is 23.5 Å². The zero-order chi connectivity index (χ0) is 15.1. The number of hydrogen-bond donors (Lipinski definition) is 2. The van der Waals surface area contributed by atoms with Crippen molar-refractivity contribution in [2.45, 2.75) is 38.8 Å². The van der Waals surface area contributed by atoms with Gasteiger partial charge in [-0.25, -0.2) is 4.79 Å². The zero-order valence-corrected chi connectivity index (χ0v) is 11.9. The van der Waals surface area contributed by atoms with Gasteiger partial charge in [-0.05, 0) is 18.9 Å². The lowest BCUT2D eigenvalue weighted by Gasteiger charge is -2.12. The summed E-state index contributed by atoms with van der Waals surface area (Å²) in [6.07, 6.45) is 2.42. The molecule has 0 saturated carbocycles. The molecule has 0 spiro atoms. The Bertz CT molecular complexity index is 541. The lowest BCUT2D eigenvalue weighted by Crippen LogP contribution is -2.40. The molecule has 0 bridgehead atoms. The highest BCUT2D eigenvalue weighted by Crippen LogP contribution is 2.04. The number of rotatable bonds is 7. The number of carboxylic acid groups (broad SMARTS) is 1. The first-order valence-corrected chi connectivity index (χ1v) is 6.70. The molecule has 0 fully saturated rings. The largest absolute Gasteiger partial charge is 0.480 e. The van der Waals surface area contributed by atoms with Crippen molar-refractivity contribution in [1.29, 1.82) is 0 Å². The maximum atomic E-state index is 11.6. The van der Waals surface area contributed by atoms with E-state index in [1.165, 1.54) is 22.9 Å². The van der Waals surface area contributed by atoms with Crippen LogP contribution in [0, 0.1) is 0 Å². The minimum Gasteiger partial charge on any atom is -0.480 e. The van der Waals surface area contributed by atoms with Crippen LogP contribution in [-0.2, 0) is 16.1 Å². The summed E-state index contributed by atoms with van der Waals surface area (Å²) in [5.41, 5.74) is -0.188. The fraction of sp³-hybridized carbons (Fsp3) is 0.462. The molecule has 1 atom stereocenters. The maximum Gasteiger partial charge on any atom is 0.326 e. The average Bonchev–Trinajstić information content (AvgIpc) is 2.39. The van der Waals surface area contributed by atoms with Crippen molar-refractivity contribution in [3.8, 4) is 0 Å². The summed E-state index contributed by atoms with van der Waals surface area (Å²) in [4.78, 5) is 33.8. The third kappa shape index (κ3) is 5.05. The summed E-state index contributed by atoms with van der Waals surface area (Å²) in [7, 11) is 0. The fourth-order valence-electron chi connectivity index (χ4n) is 1.69. The van der Waals surface area contributed by atoms with Gasteiger partial charge < -0.3 is 15.0 Å². The Labute approximate surface area is 121 Å². The molecule has 6 nitrogen and oxygen atoms in total. The van der Waals surface area contributed by atoms with Gasteiger partial charge in [0.25, 0.3) is 5.56 Å². The fourth-order valence-corrected chi connectivity index (χ4v) is 1.87. The number of carbonyl (C=O) groups excluding carboxylic acids is 1. The van der Waals surface area contributed by atoms with Crippen LogP contribution in [0.5, 0.6) is 0 Å². The number of aliphatic carboxylic acids is 1. The quantitative estimate of drug-likeness (QED) is 0.793. The van der Waals surface area contributed by atoms with E-state index in [0.717, 1.165) is 0 Å². The molecule has 0 radical (unpaired) electrons. The van der Waals surface area contributed by atoms with E-state index < -0.39 is 12.0 Å². The Morgan fingerprint density at radius 3 is 2.75 bits per heavy atom. The second-order valence-electron chi connectivity index (χ2n) is 4.35. The van der Waals surface area contributed by atoms with Gasteiger partial charge in [0, 0.05) is 25.2 Å². The Kier molecular flexibility index (Phi) is 6.24. The smallest absolute Gasteiger partial charge is 0.326 e. The normalized spacial score (nSPS) is 11.9. The van der Waals surface area contributed by atoms with Crippen LogP contribution < -0.4 is 10.9 Å². The molecule has 0 saturated heterocycles. The van der Waals surface area contributed by atoms with Gasteiger partial charge in [0.2, 0.25) is 5.91 Å². The van der Waals surface area contributed by atoms with Crippen LogP contribution in [0.2, 0.25) is 5.02 Å². The van der Waals surface area contributed by atoms with Crippen molar-refractivity contribution in [3.05, 3.63) is 33.7 Å². The topological polar surface area (TPSA) is 88.4 Å². The molecule has 20 heavy (non-hydrogen) atoms. The molecule has 0 aromatic carbocycles. The standard InChI is InChI=1S/C13H17ClN2O4/c1-2-10(13(19)20)15-11(17)4-3-7-16-8-9(14)5-6-12(16)18/h5-6,8,10H,2-4,7H2,1H3,(H,15,17)(H,19,20). The van der Waals surface area contributed by atoms with E-state index in [0.29, 0.717) is 24.4 Å². The van der Waals surface area contributed by atoms with E-state index in [-0.39, 0.29) is 17.9 Å². The second kappa shape index (κ2) is 7.69. The number of aromatic nitrogens is 1. The van der Waals surface area contributed by atoms with Crippen LogP contribution in [0.25, 0.3) is 0 Å². The van der Waals surface area contributed by atoms with Crippen molar-refractivity contribution in [2.75, 3.05) is 0 Å². The van der Waals surface area contributed by atoms with Crippen LogP contribution in [0.3, 0.4) is 0 Å². The number of amides is 1. The summed E-state index contributed by atoms with van der Waals surface area (Å²) >= 11 is 5.78. The molecule has 1 unspecified atom stereocenters. The predicted octanol–water partition coefficient (Wildman–Crippen LogP) is 1.26. The van der Waals surface area contributed by atoms with Gasteiger partial charge in [0.05, 0.1) is 5.02 Å². The average molecular weight is 301 g/mol. The summed E-state index contributed by atoms with van der Waals surface area (Å²) in [6.45, 7) is 2.04. The Morgan fingerprint density at radius 2 is 2.15 bits per heavy atom. The first-order valence-electron chi connectivity index (χ1n) is 6.32. The van der Waals surface area contributed by atoms with Crippen LogP contribution in [0.4, 0.5) is 0 Å². The van der Waals surface area contributed by atoms with E-state index in [2.05, 4.69) is 5.32 Å². The van der Waals surface area contributed by atoms with Crippen molar-refractivity contribution in [3.63, 3.8) is 0 Å². The zero-order valence-electron chi connectivity index (χ0n) is 11.1. The lowest BCUT2D eigenvalue weighted by atomic mass is 10.2. The minimum absolute atomic E-state index is 0.155. The SMILES string of the molecule is CCC(NC(=O)CCCn1cc(Cl)ccc1=O)C(=O)O. The third-order valence-electron chi connectivity index (χ3n) is 2.79. The van der Waals surface area contributed by atoms with E-state index in [1.54, 1.807) is 6.92 Å². The second-order valence-corrected chi connectivity index (χ2v) is 4.79. The van der Waals surface area contributed by atoms with Crippen LogP contribution in [0.1, 0.15) is 26.2 Å². The van der Waals surface area contributed by atoms with Crippen molar-refractivity contribution in [1.82, 2.24) is 9.88 Å². The number of nitrogens with zero attached hydrogens (tertiary/aromatic N) is 1. The van der Waals surface area contributed by atoms with Gasteiger partial charge in [-0.3, -0.25) is 9.59 Å². The van der Waals surface area contributed by atoms with Gasteiger partial charge in [-0.1, -0.05) is 18.5 Å². The van der Waals surface area contributed by atoms with Crippen LogP contribution >= 0.6 is 11.6 Å². The van der Waals surface area contributed by atoms with Crippen LogP contribution in [0.15, 0.2) is 23.1 Å². The molecule has 1 amide bonds. The highest BCUT2D eigenvalue weighted by atomic mass is 35.5. The number of aryl methyl sites for hydroxylation is 1. The molecule has 110 valence electrons. The Hall–Kier alpha value is -1.82. The number of halogens is 1. The van der Waals surface area contributed by atoms with E-state index in [4.69, 9.17) is 16.7 Å². The first-order chi connectivity index (χ1) is 9.43. The molecule has 1 heterocycles. The van der Waals surface area contributed by atoms with E-state index in [9.17, 15) is 14.4 Å². The van der Waals surface area contributed by atoms with Gasteiger partial charge in [0.1, 0.15) is 6.04 Å². The van der Waals surface area contributed by atoms with E-state index >= 15 is 0 Å². The van der Waals surface area contributed by atoms with Gasteiger partial charge in [-0.2, -0.15) is 0 Å². The van der Waals surface area contributed by atoms with Gasteiger partial charge in [-0.15, -0.1) is 0 Å². The Morgan fingerprint density at radius 1 is 1.45 bits per heavy atom. The number of hydrogen-bond acceptors (Lipinski definition) is 3. The molecule has 1 rings (SSSR count). The number of pyridine rings is 1. The summed E-state index contributed by atoms with van der Waals surface area (Å²) in [5.74, 6) is -1.39. The van der Waals surface area contributed by atoms with Crippen molar-refractivity contribution in [2.24, 2.45) is 0 Å². The first kappa shape index (κ1) is 16.2. The van der Waals surface area contributed by atoms with Gasteiger partial charge >= 0.3 is 5.97 Å². The summed E-state index contributed by atoms with van der Waals surface area (Å²) in [5, 5.41) is 11.7. The highest BCUT2D eigenvalue weighted by Gasteiger charge is 2.16. The number of nitrogens with one attached hydrogen (secondary N) is 1. The van der Waals surface area contributed by atoms with Gasteiger partial charge in [0.15, 0.2) is 0 Å². The molecule has 0 aliphatic heterocycles. The molecule has 2 N–H and O–H groups in total. The molecule has 1 aromatic heterocycles. The maximum absolute atomic E-state index is 11.6. The molecule has 0 aliphatic rings. The molecular formula is C13H17ClN2O4. The summed E-state index contributed by atoms with van der Waals surface area (Å²) < 4.78 is 1.42. The minimum atomic E-state index is -1.05.